The second-order valence-electron chi connectivity index (χ2n) is 3.63. The summed E-state index contributed by atoms with van der Waals surface area (Å²) in [6, 6.07) is 6.17. The molecule has 0 aliphatic heterocycles. The average Bonchev–Trinajstić information content (AvgIpc) is 2.52. The van der Waals surface area contributed by atoms with Crippen molar-refractivity contribution in [2.24, 2.45) is 0 Å². The lowest BCUT2D eigenvalue weighted by Gasteiger charge is -2.10. The number of benzene rings is 1. The van der Waals surface area contributed by atoms with E-state index in [1.54, 1.807) is 7.11 Å². The third kappa shape index (κ3) is 2.66. The highest BCUT2D eigenvalue weighted by Gasteiger charge is 2.13. The van der Waals surface area contributed by atoms with Crippen molar-refractivity contribution in [2.75, 3.05) is 7.11 Å². The summed E-state index contributed by atoms with van der Waals surface area (Å²) < 4.78 is 10.8. The van der Waals surface area contributed by atoms with Gasteiger partial charge in [-0.15, -0.1) is 0 Å². The van der Waals surface area contributed by atoms with Crippen molar-refractivity contribution in [1.29, 1.82) is 0 Å². The summed E-state index contributed by atoms with van der Waals surface area (Å²) in [5.41, 5.74) is 2.51. The van der Waals surface area contributed by atoms with E-state index in [-0.39, 0.29) is 0 Å². The van der Waals surface area contributed by atoms with Crippen molar-refractivity contribution in [3.63, 3.8) is 0 Å². The van der Waals surface area contributed by atoms with Crippen molar-refractivity contribution in [3.05, 3.63) is 35.4 Å². The summed E-state index contributed by atoms with van der Waals surface area (Å²) in [6.45, 7) is 0. The van der Waals surface area contributed by atoms with Crippen LogP contribution in [0.1, 0.15) is 24.0 Å². The van der Waals surface area contributed by atoms with Crippen molar-refractivity contribution >= 4 is 36.2 Å². The average molecular weight is 348 g/mol. The number of halogens is 1. The molecule has 0 N–H and O–H groups in total. The number of methoxy groups -OCH3 is 1. The second-order valence-corrected chi connectivity index (χ2v) is 5.00. The molecule has 86 valence electrons. The van der Waals surface area contributed by atoms with E-state index in [0.717, 1.165) is 24.4 Å². The molecule has 4 heteroatoms. The van der Waals surface area contributed by atoms with E-state index >= 15 is 0 Å². The van der Waals surface area contributed by atoms with Crippen LogP contribution in [0.5, 0.6) is 5.75 Å². The Morgan fingerprint density at radius 2 is 2.25 bits per heavy atom. The van der Waals surface area contributed by atoms with Crippen molar-refractivity contribution in [1.82, 2.24) is 0 Å². The van der Waals surface area contributed by atoms with Crippen molar-refractivity contribution in [3.8, 4) is 5.75 Å². The molecule has 0 bridgehead atoms. The van der Waals surface area contributed by atoms with Crippen LogP contribution in [0.15, 0.2) is 24.3 Å². The Hall–Kier alpha value is -0.360. The molecule has 0 spiro atoms. The Morgan fingerprint density at radius 3 is 3.00 bits per heavy atom. The molecule has 0 aromatic heterocycles. The van der Waals surface area contributed by atoms with Gasteiger partial charge in [0.15, 0.2) is 0 Å². The third-order valence-electron chi connectivity index (χ3n) is 2.68. The van der Waals surface area contributed by atoms with Gasteiger partial charge in [-0.1, -0.05) is 0 Å². The highest BCUT2D eigenvalue weighted by Crippen LogP contribution is 2.33. The van der Waals surface area contributed by atoms with Gasteiger partial charge in [-0.05, 0) is 49.1 Å². The summed E-state index contributed by atoms with van der Waals surface area (Å²) in [5, 5.41) is 0. The molecule has 1 aliphatic rings. The Bertz CT molecular complexity index is 404. The molecule has 16 heavy (non-hydrogen) atoms. The van der Waals surface area contributed by atoms with Gasteiger partial charge in [0.05, 0.1) is 7.11 Å². The normalized spacial score (nSPS) is 14.8. The zero-order valence-corrected chi connectivity index (χ0v) is 12.0. The first kappa shape index (κ1) is 12.1. The van der Waals surface area contributed by atoms with E-state index in [0.29, 0.717) is 0 Å². The van der Waals surface area contributed by atoms with Crippen LogP contribution >= 0.6 is 30.4 Å². The Labute approximate surface area is 112 Å². The van der Waals surface area contributed by atoms with Gasteiger partial charge in [-0.25, -0.2) is 0 Å². The van der Waals surface area contributed by atoms with Crippen LogP contribution in [0.4, 0.5) is 0 Å². The molecule has 1 aliphatic carbocycles. The fourth-order valence-corrected chi connectivity index (χ4v) is 2.70. The van der Waals surface area contributed by atoms with E-state index in [1.807, 2.05) is 6.07 Å². The maximum atomic E-state index is 5.59. The lowest BCUT2D eigenvalue weighted by molar-refractivity contribution is 0.414. The number of fused-ring (bicyclic) bond motifs is 1. The monoisotopic (exact) mass is 348 g/mol. The van der Waals surface area contributed by atoms with Gasteiger partial charge in [-0.2, -0.15) is 0 Å². The van der Waals surface area contributed by atoms with Crippen LogP contribution in [-0.4, -0.2) is 7.11 Å². The van der Waals surface area contributed by atoms with E-state index in [2.05, 4.69) is 39.4 Å². The van der Waals surface area contributed by atoms with Crippen LogP contribution in [-0.2, 0) is 10.6 Å². The Kier molecular flexibility index (Phi) is 4.40. The topological polar surface area (TPSA) is 18.5 Å². The Balaban J connectivity index is 2.38. The van der Waals surface area contributed by atoms with Crippen LogP contribution in [0.25, 0.3) is 5.76 Å². The lowest BCUT2D eigenvalue weighted by atomic mass is 10.0. The molecule has 1 aromatic rings. The highest BCUT2D eigenvalue weighted by atomic mass is 127. The summed E-state index contributed by atoms with van der Waals surface area (Å²) in [7, 11) is 3.06. The lowest BCUT2D eigenvalue weighted by Crippen LogP contribution is -1.93. The second kappa shape index (κ2) is 5.82. The fraction of sp³-hybridized carbons (Fsp3) is 0.333. The third-order valence-corrected chi connectivity index (χ3v) is 3.46. The van der Waals surface area contributed by atoms with Crippen LogP contribution in [0.2, 0.25) is 0 Å². The first-order valence-electron chi connectivity index (χ1n) is 5.18. The SMILES string of the molecule is COc1ccc2c(c1)CCCC=C2OSI. The van der Waals surface area contributed by atoms with Gasteiger partial charge in [0.25, 0.3) is 0 Å². The predicted molar refractivity (Wildman–Crippen MR) is 76.6 cm³/mol. The summed E-state index contributed by atoms with van der Waals surface area (Å²) in [5.74, 6) is 1.90. The number of ether oxygens (including phenoxy) is 1. The number of hydrogen-bond acceptors (Lipinski definition) is 3. The molecule has 0 amide bonds. The van der Waals surface area contributed by atoms with Gasteiger partial charge in [0.1, 0.15) is 20.7 Å². The van der Waals surface area contributed by atoms with Crippen LogP contribution in [0, 0.1) is 0 Å². The van der Waals surface area contributed by atoms with E-state index < -0.39 is 0 Å². The predicted octanol–water partition coefficient (Wildman–Crippen LogP) is 4.39. The van der Waals surface area contributed by atoms with Gasteiger partial charge in [0, 0.05) is 26.8 Å². The molecule has 1 aromatic carbocycles. The molecule has 0 fully saturated rings. The quantitative estimate of drug-likeness (QED) is 0.596. The zero-order valence-electron chi connectivity index (χ0n) is 9.03. The van der Waals surface area contributed by atoms with Gasteiger partial charge >= 0.3 is 0 Å². The van der Waals surface area contributed by atoms with Crippen molar-refractivity contribution in [2.45, 2.75) is 19.3 Å². The molecule has 0 saturated heterocycles. The molecular formula is C12H13IO2S. The zero-order chi connectivity index (χ0) is 11.4. The molecule has 2 rings (SSSR count). The molecule has 2 nitrogen and oxygen atoms in total. The number of allylic oxidation sites excluding steroid dienone is 1. The van der Waals surface area contributed by atoms with Crippen molar-refractivity contribution < 1.29 is 8.92 Å². The van der Waals surface area contributed by atoms with E-state index in [9.17, 15) is 0 Å². The van der Waals surface area contributed by atoms with Gasteiger partial charge in [-0.3, -0.25) is 0 Å². The maximum Gasteiger partial charge on any atom is 0.142 e. The smallest absolute Gasteiger partial charge is 0.142 e. The molecular weight excluding hydrogens is 335 g/mol. The Morgan fingerprint density at radius 1 is 1.38 bits per heavy atom. The number of hydrogen-bond donors (Lipinski definition) is 0. The fourth-order valence-electron chi connectivity index (χ4n) is 1.89. The summed E-state index contributed by atoms with van der Waals surface area (Å²) in [4.78, 5) is 0. The molecule has 0 unspecified atom stereocenters. The van der Waals surface area contributed by atoms with Gasteiger partial charge < -0.3 is 8.92 Å². The first-order chi connectivity index (χ1) is 7.85. The van der Waals surface area contributed by atoms with E-state index in [4.69, 9.17) is 8.92 Å². The van der Waals surface area contributed by atoms with Crippen LogP contribution in [0.3, 0.4) is 0 Å². The maximum absolute atomic E-state index is 5.59. The minimum Gasteiger partial charge on any atom is -0.497 e. The highest BCUT2D eigenvalue weighted by molar-refractivity contribution is 14.2. The summed E-state index contributed by atoms with van der Waals surface area (Å²) in [6.07, 6.45) is 5.49. The molecule has 0 heterocycles. The minimum absolute atomic E-state index is 0.919. The molecule has 0 atom stereocenters. The minimum atomic E-state index is 0.919. The van der Waals surface area contributed by atoms with Crippen LogP contribution < -0.4 is 4.74 Å². The number of aryl methyl sites for hydroxylation is 1. The van der Waals surface area contributed by atoms with E-state index in [1.165, 1.54) is 26.8 Å². The number of rotatable bonds is 3. The largest absolute Gasteiger partial charge is 0.497 e. The first-order valence-corrected chi connectivity index (χ1v) is 8.46. The molecule has 0 radical (unpaired) electrons. The van der Waals surface area contributed by atoms with Gasteiger partial charge in [0.2, 0.25) is 0 Å². The molecule has 0 saturated carbocycles. The summed E-state index contributed by atoms with van der Waals surface area (Å²) >= 11 is 2.14. The standard InChI is InChI=1S/C12H13IO2S/c1-14-10-6-7-11-9(8-10)4-2-3-5-12(11)15-16-13/h5-8H,2-4H2,1H3.